The Kier molecular flexibility index (Phi) is 3.49. The molecular formula is C11H7Cl2N3. The van der Waals surface area contributed by atoms with Gasteiger partial charge in [0.2, 0.25) is 5.95 Å². The molecule has 0 N–H and O–H groups in total. The molecule has 0 unspecified atom stereocenters. The Labute approximate surface area is 103 Å². The fraction of sp³-hybridized carbons (Fsp3) is 0. The summed E-state index contributed by atoms with van der Waals surface area (Å²) in [7, 11) is 0. The summed E-state index contributed by atoms with van der Waals surface area (Å²) in [6, 6.07) is 7.00. The summed E-state index contributed by atoms with van der Waals surface area (Å²) >= 11 is 12.0. The van der Waals surface area contributed by atoms with Crippen molar-refractivity contribution in [3.63, 3.8) is 0 Å². The molecule has 1 aromatic carbocycles. The standard InChI is InChI=1S/C11H7Cl2N3/c12-9-3-1-4-10(13)8(9)7-16-11-14-5-2-6-15-11/h1-7H/b16-7+. The van der Waals surface area contributed by atoms with Crippen LogP contribution in [-0.4, -0.2) is 16.2 Å². The summed E-state index contributed by atoms with van der Waals surface area (Å²) < 4.78 is 0. The first-order valence-electron chi connectivity index (χ1n) is 4.52. The van der Waals surface area contributed by atoms with Crippen LogP contribution in [0.2, 0.25) is 10.0 Å². The van der Waals surface area contributed by atoms with E-state index in [2.05, 4.69) is 15.0 Å². The maximum Gasteiger partial charge on any atom is 0.249 e. The van der Waals surface area contributed by atoms with Gasteiger partial charge in [0.15, 0.2) is 0 Å². The quantitative estimate of drug-likeness (QED) is 0.766. The third kappa shape index (κ3) is 2.56. The Hall–Kier alpha value is -1.45. The lowest BCUT2D eigenvalue weighted by Crippen LogP contribution is -1.86. The van der Waals surface area contributed by atoms with E-state index in [0.717, 1.165) is 0 Å². The van der Waals surface area contributed by atoms with Crippen LogP contribution in [0.1, 0.15) is 5.56 Å². The average Bonchev–Trinajstić information content (AvgIpc) is 2.30. The maximum atomic E-state index is 5.98. The van der Waals surface area contributed by atoms with Crippen molar-refractivity contribution in [1.29, 1.82) is 0 Å². The van der Waals surface area contributed by atoms with Crippen LogP contribution in [0.15, 0.2) is 41.7 Å². The van der Waals surface area contributed by atoms with Gasteiger partial charge in [0, 0.05) is 24.2 Å². The minimum absolute atomic E-state index is 0.374. The fourth-order valence-corrected chi connectivity index (χ4v) is 1.61. The highest BCUT2D eigenvalue weighted by Gasteiger charge is 2.01. The summed E-state index contributed by atoms with van der Waals surface area (Å²) in [4.78, 5) is 12.0. The van der Waals surface area contributed by atoms with Crippen molar-refractivity contribution in [2.45, 2.75) is 0 Å². The lowest BCUT2D eigenvalue weighted by atomic mass is 10.2. The van der Waals surface area contributed by atoms with Crippen molar-refractivity contribution in [1.82, 2.24) is 9.97 Å². The third-order valence-electron chi connectivity index (χ3n) is 1.86. The summed E-state index contributed by atoms with van der Waals surface area (Å²) in [6.45, 7) is 0. The molecule has 0 radical (unpaired) electrons. The van der Waals surface area contributed by atoms with Crippen molar-refractivity contribution in [3.05, 3.63) is 52.3 Å². The molecule has 80 valence electrons. The number of halogens is 2. The molecule has 2 rings (SSSR count). The highest BCUT2D eigenvalue weighted by Crippen LogP contribution is 2.22. The van der Waals surface area contributed by atoms with Gasteiger partial charge in [-0.25, -0.2) is 15.0 Å². The molecule has 3 nitrogen and oxygen atoms in total. The molecule has 0 aliphatic carbocycles. The third-order valence-corrected chi connectivity index (χ3v) is 2.52. The smallest absolute Gasteiger partial charge is 0.220 e. The van der Waals surface area contributed by atoms with E-state index < -0.39 is 0 Å². The summed E-state index contributed by atoms with van der Waals surface area (Å²) in [5.41, 5.74) is 0.665. The molecule has 0 saturated heterocycles. The van der Waals surface area contributed by atoms with Crippen LogP contribution in [0, 0.1) is 0 Å². The Bertz CT molecular complexity index is 492. The number of aromatic nitrogens is 2. The summed E-state index contributed by atoms with van der Waals surface area (Å²) in [5, 5.41) is 1.10. The summed E-state index contributed by atoms with van der Waals surface area (Å²) in [6.07, 6.45) is 4.79. The molecular weight excluding hydrogens is 245 g/mol. The van der Waals surface area contributed by atoms with E-state index in [1.165, 1.54) is 0 Å². The SMILES string of the molecule is Clc1cccc(Cl)c1/C=N/c1ncccn1. The van der Waals surface area contributed by atoms with Crippen molar-refractivity contribution in [2.75, 3.05) is 0 Å². The topological polar surface area (TPSA) is 38.1 Å². The monoisotopic (exact) mass is 251 g/mol. The van der Waals surface area contributed by atoms with Crippen molar-refractivity contribution >= 4 is 35.4 Å². The van der Waals surface area contributed by atoms with E-state index >= 15 is 0 Å². The van der Waals surface area contributed by atoms with Gasteiger partial charge in [0.05, 0.1) is 10.0 Å². The van der Waals surface area contributed by atoms with Gasteiger partial charge in [-0.2, -0.15) is 0 Å². The molecule has 0 amide bonds. The molecule has 2 aromatic rings. The lowest BCUT2D eigenvalue weighted by molar-refractivity contribution is 1.14. The summed E-state index contributed by atoms with van der Waals surface area (Å²) in [5.74, 6) is 0.374. The van der Waals surface area contributed by atoms with E-state index in [1.54, 1.807) is 42.9 Å². The first-order valence-corrected chi connectivity index (χ1v) is 5.28. The van der Waals surface area contributed by atoms with E-state index in [4.69, 9.17) is 23.2 Å². The zero-order valence-electron chi connectivity index (χ0n) is 8.14. The molecule has 0 spiro atoms. The first-order chi connectivity index (χ1) is 7.77. The maximum absolute atomic E-state index is 5.98. The van der Waals surface area contributed by atoms with Crippen molar-refractivity contribution < 1.29 is 0 Å². The number of nitrogens with zero attached hydrogens (tertiary/aromatic N) is 3. The largest absolute Gasteiger partial charge is 0.249 e. The molecule has 0 atom stereocenters. The lowest BCUT2D eigenvalue weighted by Gasteiger charge is -1.99. The van der Waals surface area contributed by atoms with Gasteiger partial charge in [-0.1, -0.05) is 29.3 Å². The van der Waals surface area contributed by atoms with Crippen molar-refractivity contribution in [3.8, 4) is 0 Å². The first kappa shape index (κ1) is 11.0. The second-order valence-electron chi connectivity index (χ2n) is 2.94. The minimum atomic E-state index is 0.374. The van der Waals surface area contributed by atoms with Crippen LogP contribution in [-0.2, 0) is 0 Å². The Morgan fingerprint density at radius 1 is 1.00 bits per heavy atom. The van der Waals surface area contributed by atoms with Gasteiger partial charge in [-0.05, 0) is 18.2 Å². The number of aliphatic imine (C=N–C) groups is 1. The molecule has 16 heavy (non-hydrogen) atoms. The fourth-order valence-electron chi connectivity index (χ4n) is 1.11. The van der Waals surface area contributed by atoms with Crippen LogP contribution in [0.25, 0.3) is 0 Å². The van der Waals surface area contributed by atoms with Gasteiger partial charge in [0.1, 0.15) is 0 Å². The Morgan fingerprint density at radius 3 is 2.25 bits per heavy atom. The highest BCUT2D eigenvalue weighted by molar-refractivity contribution is 6.38. The van der Waals surface area contributed by atoms with E-state index in [1.807, 2.05) is 0 Å². The molecule has 0 aliphatic heterocycles. The highest BCUT2D eigenvalue weighted by atomic mass is 35.5. The van der Waals surface area contributed by atoms with Crippen LogP contribution < -0.4 is 0 Å². The van der Waals surface area contributed by atoms with Gasteiger partial charge in [-0.15, -0.1) is 0 Å². The van der Waals surface area contributed by atoms with Crippen LogP contribution >= 0.6 is 23.2 Å². The van der Waals surface area contributed by atoms with Gasteiger partial charge < -0.3 is 0 Å². The molecule has 0 fully saturated rings. The molecule has 1 heterocycles. The Balaban J connectivity index is 2.31. The predicted octanol–water partition coefficient (Wildman–Crippen LogP) is 3.53. The second kappa shape index (κ2) is 5.05. The van der Waals surface area contributed by atoms with Crippen LogP contribution in [0.3, 0.4) is 0 Å². The predicted molar refractivity (Wildman–Crippen MR) is 65.7 cm³/mol. The van der Waals surface area contributed by atoms with Crippen molar-refractivity contribution in [2.24, 2.45) is 4.99 Å². The molecule has 0 saturated carbocycles. The number of hydrogen-bond acceptors (Lipinski definition) is 3. The number of hydrogen-bond donors (Lipinski definition) is 0. The van der Waals surface area contributed by atoms with Crippen LogP contribution in [0.5, 0.6) is 0 Å². The minimum Gasteiger partial charge on any atom is -0.220 e. The van der Waals surface area contributed by atoms with Crippen LogP contribution in [0.4, 0.5) is 5.95 Å². The van der Waals surface area contributed by atoms with E-state index in [9.17, 15) is 0 Å². The molecule has 0 bridgehead atoms. The average molecular weight is 252 g/mol. The zero-order chi connectivity index (χ0) is 11.4. The number of rotatable bonds is 2. The normalized spacial score (nSPS) is 10.9. The molecule has 0 aliphatic rings. The van der Waals surface area contributed by atoms with E-state index in [0.29, 0.717) is 21.6 Å². The van der Waals surface area contributed by atoms with E-state index in [-0.39, 0.29) is 0 Å². The second-order valence-corrected chi connectivity index (χ2v) is 3.76. The number of benzene rings is 1. The molecule has 5 heteroatoms. The van der Waals surface area contributed by atoms with Gasteiger partial charge >= 0.3 is 0 Å². The van der Waals surface area contributed by atoms with Gasteiger partial charge in [0.25, 0.3) is 0 Å². The zero-order valence-corrected chi connectivity index (χ0v) is 9.65. The molecule has 1 aromatic heterocycles. The Morgan fingerprint density at radius 2 is 1.62 bits per heavy atom. The van der Waals surface area contributed by atoms with Gasteiger partial charge in [-0.3, -0.25) is 0 Å².